The van der Waals surface area contributed by atoms with E-state index in [2.05, 4.69) is 4.98 Å². The Morgan fingerprint density at radius 1 is 1.15 bits per heavy atom. The normalized spacial score (nSPS) is 8.62. The Morgan fingerprint density at radius 3 is 1.85 bits per heavy atom. The molecule has 0 saturated heterocycles. The van der Waals surface area contributed by atoms with Gasteiger partial charge in [0.1, 0.15) is 11.4 Å². The van der Waals surface area contributed by atoms with Crippen molar-refractivity contribution in [1.82, 2.24) is 4.98 Å². The summed E-state index contributed by atoms with van der Waals surface area (Å²) in [6, 6.07) is 3.80. The van der Waals surface area contributed by atoms with Gasteiger partial charge in [0.15, 0.2) is 0 Å². The number of carboxylic acids is 2. The molecule has 6 heteroatoms. The molecule has 0 aromatic carbocycles. The second kappa shape index (κ2) is 4.96. The van der Waals surface area contributed by atoms with Gasteiger partial charge in [0, 0.05) is 0 Å². The molecule has 0 aliphatic rings. The van der Waals surface area contributed by atoms with E-state index in [1.165, 1.54) is 18.2 Å². The molecule has 0 spiro atoms. The van der Waals surface area contributed by atoms with Gasteiger partial charge >= 0.3 is 41.5 Å². The van der Waals surface area contributed by atoms with E-state index >= 15 is 0 Å². The standard InChI is InChI=1S/C7H5NO4.Na.H/c9-6(10)4-2-1-3-5(8-4)7(11)12;;/h1-3H,(H,9,10)(H,11,12);;/q;+1;-1. The van der Waals surface area contributed by atoms with Gasteiger partial charge in [-0.2, -0.15) is 0 Å². The third kappa shape index (κ3) is 3.14. The van der Waals surface area contributed by atoms with Crippen molar-refractivity contribution in [3.05, 3.63) is 29.6 Å². The van der Waals surface area contributed by atoms with Gasteiger partial charge in [0.2, 0.25) is 0 Å². The summed E-state index contributed by atoms with van der Waals surface area (Å²) in [4.78, 5) is 24.0. The SMILES string of the molecule is O=C(O)c1cccc(C(=O)O)n1.[H-].[Na+]. The Morgan fingerprint density at radius 2 is 1.54 bits per heavy atom. The summed E-state index contributed by atoms with van der Waals surface area (Å²) in [7, 11) is 0. The number of aromatic carboxylic acids is 2. The van der Waals surface area contributed by atoms with E-state index in [1.54, 1.807) is 0 Å². The van der Waals surface area contributed by atoms with Crippen molar-refractivity contribution in [1.29, 1.82) is 0 Å². The van der Waals surface area contributed by atoms with Gasteiger partial charge in [-0.15, -0.1) is 0 Å². The average molecular weight is 191 g/mol. The molecule has 1 aromatic heterocycles. The number of carbonyl (C=O) groups is 2. The number of hydrogen-bond acceptors (Lipinski definition) is 3. The number of rotatable bonds is 2. The molecule has 1 heterocycles. The van der Waals surface area contributed by atoms with Crippen molar-refractivity contribution < 1.29 is 50.8 Å². The van der Waals surface area contributed by atoms with E-state index in [4.69, 9.17) is 10.2 Å². The van der Waals surface area contributed by atoms with Crippen molar-refractivity contribution >= 4 is 11.9 Å². The molecule has 0 aliphatic carbocycles. The summed E-state index contributed by atoms with van der Waals surface area (Å²) in [5.41, 5.74) is -0.537. The number of pyridine rings is 1. The van der Waals surface area contributed by atoms with Crippen molar-refractivity contribution in [2.45, 2.75) is 0 Å². The predicted octanol–water partition coefficient (Wildman–Crippen LogP) is -2.41. The minimum absolute atomic E-state index is 0. The molecule has 0 aliphatic heterocycles. The summed E-state index contributed by atoms with van der Waals surface area (Å²) >= 11 is 0. The third-order valence-electron chi connectivity index (χ3n) is 1.19. The average Bonchev–Trinajstić information content (AvgIpc) is 2.04. The van der Waals surface area contributed by atoms with Crippen LogP contribution in [0.1, 0.15) is 22.4 Å². The smallest absolute Gasteiger partial charge is 1.00 e. The Labute approximate surface area is 97.2 Å². The van der Waals surface area contributed by atoms with Gasteiger partial charge in [-0.05, 0) is 12.1 Å². The van der Waals surface area contributed by atoms with Crippen molar-refractivity contribution in [2.75, 3.05) is 0 Å². The van der Waals surface area contributed by atoms with Gasteiger partial charge in [-0.1, -0.05) is 6.07 Å². The summed E-state index contributed by atoms with van der Waals surface area (Å²) in [5.74, 6) is -2.48. The van der Waals surface area contributed by atoms with E-state index in [0.29, 0.717) is 0 Å². The van der Waals surface area contributed by atoms with Crippen molar-refractivity contribution in [2.24, 2.45) is 0 Å². The van der Waals surface area contributed by atoms with Gasteiger partial charge in [0.25, 0.3) is 0 Å². The number of nitrogens with zero attached hydrogens (tertiary/aromatic N) is 1. The fourth-order valence-electron chi connectivity index (χ4n) is 0.673. The number of aromatic nitrogens is 1. The van der Waals surface area contributed by atoms with E-state index in [0.717, 1.165) is 0 Å². The molecule has 0 unspecified atom stereocenters. The maximum atomic E-state index is 10.3. The third-order valence-corrected chi connectivity index (χ3v) is 1.19. The van der Waals surface area contributed by atoms with Crippen LogP contribution in [0.2, 0.25) is 0 Å². The van der Waals surface area contributed by atoms with Gasteiger partial charge in [-0.3, -0.25) is 0 Å². The zero-order valence-corrected chi connectivity index (χ0v) is 8.89. The van der Waals surface area contributed by atoms with E-state index in [9.17, 15) is 9.59 Å². The molecule has 13 heavy (non-hydrogen) atoms. The van der Waals surface area contributed by atoms with E-state index in [1.807, 2.05) is 0 Å². The van der Waals surface area contributed by atoms with Crippen LogP contribution < -0.4 is 29.6 Å². The molecular weight excluding hydrogens is 185 g/mol. The Hall–Kier alpha value is -0.910. The van der Waals surface area contributed by atoms with Crippen molar-refractivity contribution in [3.8, 4) is 0 Å². The first kappa shape index (κ1) is 12.1. The van der Waals surface area contributed by atoms with Crippen LogP contribution in [0.3, 0.4) is 0 Å². The second-order valence-electron chi connectivity index (χ2n) is 2.02. The largest absolute Gasteiger partial charge is 1.00 e. The maximum absolute atomic E-state index is 10.3. The molecule has 2 N–H and O–H groups in total. The first-order valence-electron chi connectivity index (χ1n) is 3.05. The zero-order valence-electron chi connectivity index (χ0n) is 7.89. The first-order chi connectivity index (χ1) is 5.61. The molecule has 1 aromatic rings. The number of carboxylic acid groups (broad SMARTS) is 2. The monoisotopic (exact) mass is 191 g/mol. The molecule has 0 radical (unpaired) electrons. The van der Waals surface area contributed by atoms with Crippen LogP contribution in [0.4, 0.5) is 0 Å². The van der Waals surface area contributed by atoms with Crippen LogP contribution in [0.5, 0.6) is 0 Å². The van der Waals surface area contributed by atoms with Gasteiger partial charge < -0.3 is 11.6 Å². The maximum Gasteiger partial charge on any atom is 1.00 e. The van der Waals surface area contributed by atoms with Crippen LogP contribution in [-0.2, 0) is 0 Å². The first-order valence-corrected chi connectivity index (χ1v) is 3.05. The van der Waals surface area contributed by atoms with Crippen LogP contribution >= 0.6 is 0 Å². The van der Waals surface area contributed by atoms with Gasteiger partial charge in [0.05, 0.1) is 0 Å². The quantitative estimate of drug-likeness (QED) is 0.508. The fraction of sp³-hybridized carbons (Fsp3) is 0. The summed E-state index contributed by atoms with van der Waals surface area (Å²) in [6.07, 6.45) is 0. The molecule has 0 atom stereocenters. The Balaban J connectivity index is 0. The Bertz CT molecular complexity index is 315. The Kier molecular flexibility index (Phi) is 4.61. The summed E-state index contributed by atoms with van der Waals surface area (Å²) in [5, 5.41) is 16.9. The molecule has 64 valence electrons. The van der Waals surface area contributed by atoms with Crippen LogP contribution in [0, 0.1) is 0 Å². The topological polar surface area (TPSA) is 87.5 Å². The molecule has 5 nitrogen and oxygen atoms in total. The van der Waals surface area contributed by atoms with E-state index < -0.39 is 11.9 Å². The molecular formula is C7H6NNaO4. The predicted molar refractivity (Wildman–Crippen MR) is 39.3 cm³/mol. The molecule has 1 rings (SSSR count). The molecule has 0 bridgehead atoms. The summed E-state index contributed by atoms with van der Waals surface area (Å²) < 4.78 is 0. The molecule has 0 amide bonds. The number of hydrogen-bond donors (Lipinski definition) is 2. The van der Waals surface area contributed by atoms with E-state index in [-0.39, 0.29) is 42.4 Å². The fourth-order valence-corrected chi connectivity index (χ4v) is 0.673. The van der Waals surface area contributed by atoms with Crippen LogP contribution in [0.25, 0.3) is 0 Å². The minimum atomic E-state index is -1.24. The van der Waals surface area contributed by atoms with Gasteiger partial charge in [-0.25, -0.2) is 14.6 Å². The van der Waals surface area contributed by atoms with Crippen LogP contribution in [-0.4, -0.2) is 27.1 Å². The second-order valence-corrected chi connectivity index (χ2v) is 2.02. The zero-order chi connectivity index (χ0) is 9.14. The molecule has 0 fully saturated rings. The van der Waals surface area contributed by atoms with Crippen LogP contribution in [0.15, 0.2) is 18.2 Å². The molecule has 0 saturated carbocycles. The van der Waals surface area contributed by atoms with Crippen molar-refractivity contribution in [3.63, 3.8) is 0 Å². The summed E-state index contributed by atoms with van der Waals surface area (Å²) in [6.45, 7) is 0. The minimum Gasteiger partial charge on any atom is -1.00 e.